The number of Topliss-reactive ketones (excluding diaryl/α,β-unsaturated/α-hetero) is 1. The van der Waals surface area contributed by atoms with E-state index < -0.39 is 0 Å². The monoisotopic (exact) mass is 198 g/mol. The van der Waals surface area contributed by atoms with Gasteiger partial charge >= 0.3 is 0 Å². The highest BCUT2D eigenvalue weighted by Gasteiger charge is 2.10. The molecule has 2 aromatic rings. The van der Waals surface area contributed by atoms with E-state index in [0.717, 1.165) is 10.9 Å². The van der Waals surface area contributed by atoms with E-state index in [1.54, 1.807) is 0 Å². The van der Waals surface area contributed by atoms with Gasteiger partial charge in [-0.25, -0.2) is 0 Å². The Bertz CT molecular complexity index is 497. The largest absolute Gasteiger partial charge is 0.294 e. The van der Waals surface area contributed by atoms with E-state index in [9.17, 15) is 4.79 Å². The summed E-state index contributed by atoms with van der Waals surface area (Å²) in [5.74, 6) is 0.270. The molecule has 76 valence electrons. The fraction of sp³-hybridized carbons (Fsp3) is 0.214. The lowest BCUT2D eigenvalue weighted by Gasteiger charge is -2.05. The zero-order chi connectivity index (χ0) is 10.8. The summed E-state index contributed by atoms with van der Waals surface area (Å²) in [4.78, 5) is 11.8. The molecule has 0 radical (unpaired) electrons. The first-order valence-corrected chi connectivity index (χ1v) is 5.21. The van der Waals surface area contributed by atoms with E-state index in [1.165, 1.54) is 5.39 Å². The predicted octanol–water partition coefficient (Wildman–Crippen LogP) is 3.68. The smallest absolute Gasteiger partial charge is 0.165 e. The van der Waals surface area contributed by atoms with E-state index >= 15 is 0 Å². The van der Waals surface area contributed by atoms with Gasteiger partial charge in [0.1, 0.15) is 0 Å². The molecule has 0 saturated carbocycles. The van der Waals surface area contributed by atoms with Crippen LogP contribution in [0.4, 0.5) is 0 Å². The van der Waals surface area contributed by atoms with Crippen molar-refractivity contribution in [2.24, 2.45) is 5.92 Å². The molecule has 0 N–H and O–H groups in total. The number of fused-ring (bicyclic) bond motifs is 1. The lowest BCUT2D eigenvalue weighted by molar-refractivity contribution is 0.0939. The molecule has 0 fully saturated rings. The van der Waals surface area contributed by atoms with Gasteiger partial charge in [-0.05, 0) is 16.8 Å². The lowest BCUT2D eigenvalue weighted by Crippen LogP contribution is -2.06. The molecule has 0 heterocycles. The molecule has 2 aromatic carbocycles. The van der Waals surface area contributed by atoms with Crippen molar-refractivity contribution in [2.45, 2.75) is 13.8 Å². The van der Waals surface area contributed by atoms with Crippen LogP contribution in [0, 0.1) is 5.92 Å². The summed E-state index contributed by atoms with van der Waals surface area (Å²) >= 11 is 0. The van der Waals surface area contributed by atoms with E-state index in [1.807, 2.05) is 50.2 Å². The normalized spacial score (nSPS) is 10.9. The van der Waals surface area contributed by atoms with Crippen molar-refractivity contribution in [3.8, 4) is 0 Å². The topological polar surface area (TPSA) is 17.1 Å². The number of carbonyl (C=O) groups is 1. The molecule has 0 atom stereocenters. The Hall–Kier alpha value is -1.63. The van der Waals surface area contributed by atoms with Gasteiger partial charge in [0.25, 0.3) is 0 Å². The Kier molecular flexibility index (Phi) is 2.55. The molecular weight excluding hydrogens is 184 g/mol. The molecule has 0 aliphatic carbocycles. The van der Waals surface area contributed by atoms with Crippen molar-refractivity contribution in [1.82, 2.24) is 0 Å². The van der Waals surface area contributed by atoms with E-state index in [0.29, 0.717) is 0 Å². The quantitative estimate of drug-likeness (QED) is 0.673. The molecule has 1 nitrogen and oxygen atoms in total. The molecule has 0 saturated heterocycles. The number of rotatable bonds is 2. The van der Waals surface area contributed by atoms with Crippen LogP contribution in [0.1, 0.15) is 24.2 Å². The van der Waals surface area contributed by atoms with Crippen molar-refractivity contribution in [3.63, 3.8) is 0 Å². The molecule has 0 aliphatic rings. The van der Waals surface area contributed by atoms with Crippen LogP contribution in [0.5, 0.6) is 0 Å². The van der Waals surface area contributed by atoms with Gasteiger partial charge in [-0.15, -0.1) is 0 Å². The molecule has 0 amide bonds. The van der Waals surface area contributed by atoms with Crippen LogP contribution in [0.2, 0.25) is 0 Å². The minimum Gasteiger partial charge on any atom is -0.294 e. The highest BCUT2D eigenvalue weighted by atomic mass is 16.1. The number of ketones is 1. The number of benzene rings is 2. The van der Waals surface area contributed by atoms with Crippen molar-refractivity contribution in [2.75, 3.05) is 0 Å². The van der Waals surface area contributed by atoms with Crippen molar-refractivity contribution in [3.05, 3.63) is 48.0 Å². The molecule has 0 spiro atoms. The van der Waals surface area contributed by atoms with Gasteiger partial charge < -0.3 is 0 Å². The Morgan fingerprint density at radius 1 is 1.00 bits per heavy atom. The molecule has 0 aliphatic heterocycles. The van der Waals surface area contributed by atoms with Gasteiger partial charge in [-0.3, -0.25) is 4.79 Å². The van der Waals surface area contributed by atoms with Crippen LogP contribution in [0.15, 0.2) is 42.5 Å². The number of carbonyl (C=O) groups excluding carboxylic acids is 1. The third-order valence-corrected chi connectivity index (χ3v) is 2.56. The molecular formula is C14H14O. The lowest BCUT2D eigenvalue weighted by atomic mass is 9.98. The molecule has 0 aromatic heterocycles. The zero-order valence-corrected chi connectivity index (χ0v) is 9.03. The maximum absolute atomic E-state index is 11.8. The minimum atomic E-state index is 0.0613. The van der Waals surface area contributed by atoms with Crippen LogP contribution < -0.4 is 0 Å². The highest BCUT2D eigenvalue weighted by molar-refractivity contribution is 6.00. The molecule has 15 heavy (non-hydrogen) atoms. The van der Waals surface area contributed by atoms with Gasteiger partial charge in [0, 0.05) is 11.5 Å². The fourth-order valence-electron chi connectivity index (χ4n) is 1.68. The summed E-state index contributed by atoms with van der Waals surface area (Å²) < 4.78 is 0. The van der Waals surface area contributed by atoms with Crippen LogP contribution in [0.25, 0.3) is 10.8 Å². The maximum atomic E-state index is 11.8. The second-order valence-electron chi connectivity index (χ2n) is 4.08. The van der Waals surface area contributed by atoms with Gasteiger partial charge in [0.15, 0.2) is 5.78 Å². The van der Waals surface area contributed by atoms with Gasteiger partial charge in [0.2, 0.25) is 0 Å². The average molecular weight is 198 g/mol. The Morgan fingerprint density at radius 3 is 2.33 bits per heavy atom. The summed E-state index contributed by atoms with van der Waals surface area (Å²) in [6.45, 7) is 3.86. The Morgan fingerprint density at radius 2 is 1.67 bits per heavy atom. The number of hydrogen-bond donors (Lipinski definition) is 0. The van der Waals surface area contributed by atoms with Gasteiger partial charge in [-0.1, -0.05) is 50.2 Å². The molecule has 0 unspecified atom stereocenters. The maximum Gasteiger partial charge on any atom is 0.165 e. The summed E-state index contributed by atoms with van der Waals surface area (Å²) in [6, 6.07) is 14.0. The van der Waals surface area contributed by atoms with Crippen LogP contribution >= 0.6 is 0 Å². The summed E-state index contributed by atoms with van der Waals surface area (Å²) in [6.07, 6.45) is 0. The molecule has 0 bridgehead atoms. The van der Waals surface area contributed by atoms with E-state index in [4.69, 9.17) is 0 Å². The van der Waals surface area contributed by atoms with Gasteiger partial charge in [0.05, 0.1) is 0 Å². The first-order valence-electron chi connectivity index (χ1n) is 5.21. The first kappa shape index (κ1) is 9.91. The number of hydrogen-bond acceptors (Lipinski definition) is 1. The zero-order valence-electron chi connectivity index (χ0n) is 9.03. The second-order valence-corrected chi connectivity index (χ2v) is 4.08. The first-order chi connectivity index (χ1) is 7.18. The minimum absolute atomic E-state index is 0.0613. The van der Waals surface area contributed by atoms with Crippen molar-refractivity contribution in [1.29, 1.82) is 0 Å². The third-order valence-electron chi connectivity index (χ3n) is 2.56. The Balaban J connectivity index is 2.52. The van der Waals surface area contributed by atoms with E-state index in [-0.39, 0.29) is 11.7 Å². The molecule has 2 rings (SSSR count). The molecule has 1 heteroatoms. The van der Waals surface area contributed by atoms with Crippen LogP contribution in [0.3, 0.4) is 0 Å². The summed E-state index contributed by atoms with van der Waals surface area (Å²) in [5.41, 5.74) is 0.809. The van der Waals surface area contributed by atoms with Crippen LogP contribution in [-0.4, -0.2) is 5.78 Å². The van der Waals surface area contributed by atoms with Crippen molar-refractivity contribution >= 4 is 16.6 Å². The third kappa shape index (κ3) is 1.91. The standard InChI is InChI=1S/C14H14O/c1-10(2)14(15)13-8-7-11-5-3-4-6-12(11)9-13/h3-10H,1-2H3. The SMILES string of the molecule is CC(C)C(=O)c1ccc2ccccc2c1. The summed E-state index contributed by atoms with van der Waals surface area (Å²) in [7, 11) is 0. The van der Waals surface area contributed by atoms with Crippen molar-refractivity contribution < 1.29 is 4.79 Å². The predicted molar refractivity (Wildman–Crippen MR) is 63.1 cm³/mol. The highest BCUT2D eigenvalue weighted by Crippen LogP contribution is 2.17. The fourth-order valence-corrected chi connectivity index (χ4v) is 1.68. The summed E-state index contributed by atoms with van der Waals surface area (Å²) in [5, 5.41) is 2.31. The second kappa shape index (κ2) is 3.85. The average Bonchev–Trinajstić information content (AvgIpc) is 2.27. The van der Waals surface area contributed by atoms with Crippen LogP contribution in [-0.2, 0) is 0 Å². The van der Waals surface area contributed by atoms with Gasteiger partial charge in [-0.2, -0.15) is 0 Å². The Labute approximate surface area is 89.7 Å². The van der Waals surface area contributed by atoms with E-state index in [2.05, 4.69) is 6.07 Å².